The third-order valence-electron chi connectivity index (χ3n) is 5.70. The molecular weight excluding hydrogens is 479 g/mol. The molecule has 3 rings (SSSR count). The van der Waals surface area contributed by atoms with Crippen LogP contribution in [0.15, 0.2) is 46.9 Å². The van der Waals surface area contributed by atoms with Gasteiger partial charge in [0.05, 0.1) is 25.0 Å². The van der Waals surface area contributed by atoms with Crippen LogP contribution in [0.25, 0.3) is 0 Å². The van der Waals surface area contributed by atoms with Gasteiger partial charge in [0.2, 0.25) is 0 Å². The van der Waals surface area contributed by atoms with Crippen LogP contribution in [0.2, 0.25) is 0 Å². The van der Waals surface area contributed by atoms with Crippen LogP contribution in [0.5, 0.6) is 5.75 Å². The Morgan fingerprint density at radius 3 is 2.50 bits per heavy atom. The van der Waals surface area contributed by atoms with Crippen LogP contribution in [-0.4, -0.2) is 43.6 Å². The second-order valence-electron chi connectivity index (χ2n) is 7.87. The number of hydrogen-bond donors (Lipinski definition) is 0. The lowest BCUT2D eigenvalue weighted by molar-refractivity contribution is -0.139. The molecule has 0 unspecified atom stereocenters. The number of methoxy groups -OCH3 is 1. The van der Waals surface area contributed by atoms with E-state index in [4.69, 9.17) is 9.47 Å². The Morgan fingerprint density at radius 1 is 1.19 bits per heavy atom. The molecule has 0 spiro atoms. The van der Waals surface area contributed by atoms with Gasteiger partial charge in [-0.25, -0.2) is 4.39 Å². The van der Waals surface area contributed by atoms with Crippen molar-refractivity contribution in [1.29, 1.82) is 5.26 Å². The van der Waals surface area contributed by atoms with Gasteiger partial charge in [0, 0.05) is 23.1 Å². The summed E-state index contributed by atoms with van der Waals surface area (Å²) in [6.45, 7) is 0.742. The summed E-state index contributed by atoms with van der Waals surface area (Å²) in [6.07, 6.45) is 1.65. The van der Waals surface area contributed by atoms with E-state index in [0.717, 1.165) is 10.0 Å². The Kier molecular flexibility index (Phi) is 7.86. The minimum absolute atomic E-state index is 0.0389. The van der Waals surface area contributed by atoms with Crippen molar-refractivity contribution in [1.82, 2.24) is 4.90 Å². The molecule has 2 aromatic rings. The topological polar surface area (TPSA) is 79.6 Å². The lowest BCUT2D eigenvalue weighted by Crippen LogP contribution is -2.45. The third-order valence-corrected chi connectivity index (χ3v) is 6.20. The van der Waals surface area contributed by atoms with Crippen molar-refractivity contribution in [3.05, 3.63) is 63.9 Å². The molecule has 2 aromatic carbocycles. The molecule has 0 N–H and O–H groups in total. The SMILES string of the molecule is COC(=O)Cc1cc(Br)ccc1OCC(=O)N1CCC(C#N)(Cc2ccc(F)cc2)CC1. The monoisotopic (exact) mass is 502 g/mol. The number of nitriles is 1. The van der Waals surface area contributed by atoms with Crippen LogP contribution < -0.4 is 4.74 Å². The maximum Gasteiger partial charge on any atom is 0.310 e. The summed E-state index contributed by atoms with van der Waals surface area (Å²) in [5.41, 5.74) is 0.958. The maximum absolute atomic E-state index is 13.2. The number of ether oxygens (including phenoxy) is 2. The molecule has 32 heavy (non-hydrogen) atoms. The molecule has 0 bridgehead atoms. The second-order valence-corrected chi connectivity index (χ2v) is 8.79. The van der Waals surface area contributed by atoms with E-state index >= 15 is 0 Å². The Balaban J connectivity index is 1.57. The lowest BCUT2D eigenvalue weighted by Gasteiger charge is -2.37. The van der Waals surface area contributed by atoms with Gasteiger partial charge in [-0.05, 0) is 55.2 Å². The molecule has 0 aliphatic carbocycles. The quantitative estimate of drug-likeness (QED) is 0.533. The fourth-order valence-electron chi connectivity index (χ4n) is 3.79. The molecule has 0 radical (unpaired) electrons. The molecular formula is C24H24BrFN2O4. The molecule has 0 aromatic heterocycles. The first-order chi connectivity index (χ1) is 15.3. The van der Waals surface area contributed by atoms with Crippen molar-refractivity contribution in [3.63, 3.8) is 0 Å². The van der Waals surface area contributed by atoms with Gasteiger partial charge in [-0.2, -0.15) is 5.26 Å². The summed E-state index contributed by atoms with van der Waals surface area (Å²) in [4.78, 5) is 26.0. The average molecular weight is 503 g/mol. The first kappa shape index (κ1) is 23.7. The van der Waals surface area contributed by atoms with Crippen LogP contribution in [0, 0.1) is 22.6 Å². The first-order valence-corrected chi connectivity index (χ1v) is 11.0. The molecule has 168 valence electrons. The minimum atomic E-state index is -0.575. The molecule has 1 fully saturated rings. The number of nitrogens with zero attached hydrogens (tertiary/aromatic N) is 2. The molecule has 1 saturated heterocycles. The standard InChI is InChI=1S/C24H24BrFN2O4/c1-31-23(30)13-18-12-19(25)4-7-21(18)32-15-22(29)28-10-8-24(16-27,9-11-28)14-17-2-5-20(26)6-3-17/h2-7,12H,8-11,13-15H2,1H3. The fourth-order valence-corrected chi connectivity index (χ4v) is 4.20. The molecule has 6 nitrogen and oxygen atoms in total. The van der Waals surface area contributed by atoms with E-state index in [1.54, 1.807) is 35.2 Å². The second kappa shape index (κ2) is 10.6. The molecule has 1 aliphatic rings. The Labute approximate surface area is 195 Å². The normalized spacial score (nSPS) is 15.0. The number of carbonyl (C=O) groups excluding carboxylic acids is 2. The van der Waals surface area contributed by atoms with E-state index in [0.29, 0.717) is 43.7 Å². The van der Waals surface area contributed by atoms with Crippen molar-refractivity contribution < 1.29 is 23.5 Å². The summed E-state index contributed by atoms with van der Waals surface area (Å²) in [5.74, 6) is -0.429. The van der Waals surface area contributed by atoms with Crippen molar-refractivity contribution in [2.75, 3.05) is 26.8 Å². The van der Waals surface area contributed by atoms with Crippen LogP contribution in [0.4, 0.5) is 4.39 Å². The average Bonchev–Trinajstić information content (AvgIpc) is 2.80. The van der Waals surface area contributed by atoms with E-state index < -0.39 is 11.4 Å². The van der Waals surface area contributed by atoms with E-state index in [-0.39, 0.29) is 24.8 Å². The number of likely N-dealkylation sites (tertiary alicyclic amines) is 1. The summed E-state index contributed by atoms with van der Waals surface area (Å²) in [6, 6.07) is 13.8. The molecule has 1 heterocycles. The zero-order chi connectivity index (χ0) is 23.1. The number of carbonyl (C=O) groups is 2. The third kappa shape index (κ3) is 6.07. The summed E-state index contributed by atoms with van der Waals surface area (Å²) in [7, 11) is 1.32. The Hall–Kier alpha value is -2.92. The summed E-state index contributed by atoms with van der Waals surface area (Å²) >= 11 is 3.37. The summed E-state index contributed by atoms with van der Waals surface area (Å²) < 4.78 is 24.4. The van der Waals surface area contributed by atoms with Crippen LogP contribution in [0.1, 0.15) is 24.0 Å². The number of hydrogen-bond acceptors (Lipinski definition) is 5. The van der Waals surface area contributed by atoms with Crippen molar-refractivity contribution in [2.45, 2.75) is 25.7 Å². The van der Waals surface area contributed by atoms with Gasteiger partial charge in [0.1, 0.15) is 11.6 Å². The summed E-state index contributed by atoms with van der Waals surface area (Å²) in [5, 5.41) is 9.79. The lowest BCUT2D eigenvalue weighted by atomic mass is 9.75. The van der Waals surface area contributed by atoms with Gasteiger partial charge >= 0.3 is 5.97 Å². The highest BCUT2D eigenvalue weighted by Crippen LogP contribution is 2.34. The highest BCUT2D eigenvalue weighted by atomic mass is 79.9. The number of rotatable bonds is 7. The predicted molar refractivity (Wildman–Crippen MR) is 119 cm³/mol. The Bertz CT molecular complexity index is 1010. The van der Waals surface area contributed by atoms with Gasteiger partial charge in [0.15, 0.2) is 6.61 Å². The highest BCUT2D eigenvalue weighted by Gasteiger charge is 2.36. The van der Waals surface area contributed by atoms with E-state index in [2.05, 4.69) is 22.0 Å². The smallest absolute Gasteiger partial charge is 0.310 e. The van der Waals surface area contributed by atoms with Crippen molar-refractivity contribution in [2.24, 2.45) is 5.41 Å². The fraction of sp³-hybridized carbons (Fsp3) is 0.375. The van der Waals surface area contributed by atoms with Crippen LogP contribution >= 0.6 is 15.9 Å². The molecule has 0 saturated carbocycles. The number of amides is 1. The van der Waals surface area contributed by atoms with E-state index in [1.807, 2.05) is 0 Å². The zero-order valence-electron chi connectivity index (χ0n) is 17.8. The van der Waals surface area contributed by atoms with Crippen LogP contribution in [0.3, 0.4) is 0 Å². The van der Waals surface area contributed by atoms with Crippen molar-refractivity contribution in [3.8, 4) is 11.8 Å². The largest absolute Gasteiger partial charge is 0.483 e. The molecule has 0 atom stereocenters. The maximum atomic E-state index is 13.2. The predicted octanol–water partition coefficient (Wildman–Crippen LogP) is 4.06. The van der Waals surface area contributed by atoms with E-state index in [1.165, 1.54) is 19.2 Å². The Morgan fingerprint density at radius 2 is 1.88 bits per heavy atom. The molecule has 1 amide bonds. The number of benzene rings is 2. The number of piperidine rings is 1. The van der Waals surface area contributed by atoms with Crippen molar-refractivity contribution >= 4 is 27.8 Å². The van der Waals surface area contributed by atoms with Gasteiger partial charge in [-0.3, -0.25) is 9.59 Å². The number of halogens is 2. The van der Waals surface area contributed by atoms with Gasteiger partial charge in [-0.1, -0.05) is 28.1 Å². The minimum Gasteiger partial charge on any atom is -0.483 e. The molecule has 8 heteroatoms. The van der Waals surface area contributed by atoms with Gasteiger partial charge in [-0.15, -0.1) is 0 Å². The molecule has 1 aliphatic heterocycles. The number of esters is 1. The van der Waals surface area contributed by atoms with Crippen LogP contribution in [-0.2, 0) is 27.2 Å². The first-order valence-electron chi connectivity index (χ1n) is 10.3. The van der Waals surface area contributed by atoms with Gasteiger partial charge < -0.3 is 14.4 Å². The highest BCUT2D eigenvalue weighted by molar-refractivity contribution is 9.10. The zero-order valence-corrected chi connectivity index (χ0v) is 19.4. The van der Waals surface area contributed by atoms with Gasteiger partial charge in [0.25, 0.3) is 5.91 Å². The van der Waals surface area contributed by atoms with E-state index in [9.17, 15) is 19.2 Å².